The third-order valence-electron chi connectivity index (χ3n) is 1.10. The van der Waals surface area contributed by atoms with E-state index in [1.165, 1.54) is 0 Å². The molecule has 4 N–H and O–H groups in total. The lowest BCUT2D eigenvalue weighted by atomic mass is 10.2. The van der Waals surface area contributed by atoms with E-state index in [1.54, 1.807) is 0 Å². The Labute approximate surface area is 72.2 Å². The molecule has 0 aliphatic heterocycles. The minimum absolute atomic E-state index is 2.05. The molecule has 0 bridgehead atoms. The molecular formula is C4H6O8S. The predicted octanol–water partition coefficient (Wildman–Crippen LogP) is -2.23. The van der Waals surface area contributed by atoms with Gasteiger partial charge in [-0.1, -0.05) is 0 Å². The summed E-state index contributed by atoms with van der Waals surface area (Å²) in [4.78, 5) is 20.1. The third-order valence-corrected chi connectivity index (χ3v) is 2.21. The van der Waals surface area contributed by atoms with Crippen molar-refractivity contribution in [1.29, 1.82) is 0 Å². The molecule has 2 atom stereocenters. The molecule has 0 aromatic rings. The Kier molecular flexibility index (Phi) is 3.34. The Balaban J connectivity index is 5.07. The van der Waals surface area contributed by atoms with E-state index in [1.807, 2.05) is 0 Å². The van der Waals surface area contributed by atoms with Gasteiger partial charge in [0.25, 0.3) is 10.1 Å². The first-order valence-corrected chi connectivity index (χ1v) is 4.28. The summed E-state index contributed by atoms with van der Waals surface area (Å²) in [6, 6.07) is 0. The molecule has 0 aliphatic rings. The topological polar surface area (TPSA) is 149 Å². The van der Waals surface area contributed by atoms with E-state index in [-0.39, 0.29) is 0 Å². The quantitative estimate of drug-likeness (QED) is 0.384. The zero-order chi connectivity index (χ0) is 10.8. The molecule has 13 heavy (non-hydrogen) atoms. The summed E-state index contributed by atoms with van der Waals surface area (Å²) in [5.41, 5.74) is 0. The van der Waals surface area contributed by atoms with Crippen molar-refractivity contribution >= 4 is 22.1 Å². The summed E-state index contributed by atoms with van der Waals surface area (Å²) in [5, 5.41) is 22.0. The largest absolute Gasteiger partial charge is 0.480 e. The lowest BCUT2D eigenvalue weighted by Gasteiger charge is -2.11. The fourth-order valence-corrected chi connectivity index (χ4v) is 1.25. The number of rotatable bonds is 4. The molecular weight excluding hydrogens is 208 g/mol. The van der Waals surface area contributed by atoms with Crippen molar-refractivity contribution in [3.63, 3.8) is 0 Å². The zero-order valence-electron chi connectivity index (χ0n) is 5.98. The SMILES string of the molecule is O=C(O)C(O)C(C(=O)O)S(=O)(=O)O. The summed E-state index contributed by atoms with van der Waals surface area (Å²) in [5.74, 6) is -4.19. The van der Waals surface area contributed by atoms with Crippen LogP contribution in [-0.2, 0) is 19.7 Å². The number of carboxylic acids is 2. The van der Waals surface area contributed by atoms with E-state index in [4.69, 9.17) is 19.9 Å². The van der Waals surface area contributed by atoms with Crippen LogP contribution in [0, 0.1) is 0 Å². The molecule has 0 aromatic carbocycles. The average Bonchev–Trinajstić information content (AvgIpc) is 1.82. The van der Waals surface area contributed by atoms with Gasteiger partial charge in [-0.05, 0) is 0 Å². The van der Waals surface area contributed by atoms with Crippen LogP contribution in [0.5, 0.6) is 0 Å². The van der Waals surface area contributed by atoms with E-state index in [0.717, 1.165) is 0 Å². The second kappa shape index (κ2) is 3.68. The van der Waals surface area contributed by atoms with Gasteiger partial charge in [-0.25, -0.2) is 4.79 Å². The number of aliphatic carboxylic acids is 2. The second-order valence-electron chi connectivity index (χ2n) is 2.06. The minimum Gasteiger partial charge on any atom is -0.480 e. The number of hydrogen-bond donors (Lipinski definition) is 4. The number of aliphatic hydroxyl groups is 1. The normalized spacial score (nSPS) is 16.2. The number of aliphatic hydroxyl groups excluding tert-OH is 1. The van der Waals surface area contributed by atoms with Crippen LogP contribution in [0.3, 0.4) is 0 Å². The first-order chi connectivity index (χ1) is 5.68. The Morgan fingerprint density at radius 2 is 1.46 bits per heavy atom. The average molecular weight is 214 g/mol. The highest BCUT2D eigenvalue weighted by Gasteiger charge is 2.42. The van der Waals surface area contributed by atoms with E-state index < -0.39 is 33.4 Å². The fourth-order valence-electron chi connectivity index (χ4n) is 0.555. The number of carbonyl (C=O) groups is 2. The highest BCUT2D eigenvalue weighted by atomic mass is 32.2. The Morgan fingerprint density at radius 3 is 1.54 bits per heavy atom. The Morgan fingerprint density at radius 1 is 1.08 bits per heavy atom. The van der Waals surface area contributed by atoms with Crippen LogP contribution in [0.4, 0.5) is 0 Å². The summed E-state index contributed by atoms with van der Waals surface area (Å²) >= 11 is 0. The first kappa shape index (κ1) is 11.8. The number of hydrogen-bond acceptors (Lipinski definition) is 5. The fraction of sp³-hybridized carbons (Fsp3) is 0.500. The number of carboxylic acid groups (broad SMARTS) is 2. The van der Waals surface area contributed by atoms with Crippen LogP contribution in [0.15, 0.2) is 0 Å². The van der Waals surface area contributed by atoms with Crippen molar-refractivity contribution in [2.24, 2.45) is 0 Å². The molecule has 0 saturated carbocycles. The van der Waals surface area contributed by atoms with Crippen molar-refractivity contribution in [2.75, 3.05) is 0 Å². The molecule has 0 saturated heterocycles. The predicted molar refractivity (Wildman–Crippen MR) is 36.6 cm³/mol. The van der Waals surface area contributed by atoms with E-state index in [2.05, 4.69) is 0 Å². The van der Waals surface area contributed by atoms with E-state index in [0.29, 0.717) is 0 Å². The molecule has 0 amide bonds. The van der Waals surface area contributed by atoms with Gasteiger partial charge < -0.3 is 15.3 Å². The monoisotopic (exact) mass is 214 g/mol. The molecule has 9 heteroatoms. The molecule has 8 nitrogen and oxygen atoms in total. The van der Waals surface area contributed by atoms with E-state index in [9.17, 15) is 18.0 Å². The second-order valence-corrected chi connectivity index (χ2v) is 3.59. The molecule has 0 spiro atoms. The minimum atomic E-state index is -5.14. The summed E-state index contributed by atoms with van der Waals surface area (Å²) in [6.45, 7) is 0. The maximum Gasteiger partial charge on any atom is 0.334 e. The molecule has 0 radical (unpaired) electrons. The summed E-state index contributed by atoms with van der Waals surface area (Å²) in [6.07, 6.45) is -2.70. The Hall–Kier alpha value is -1.19. The van der Waals surface area contributed by atoms with Crippen LogP contribution >= 0.6 is 0 Å². The van der Waals surface area contributed by atoms with Gasteiger partial charge in [-0.15, -0.1) is 0 Å². The third kappa shape index (κ3) is 2.97. The lowest BCUT2D eigenvalue weighted by molar-refractivity contribution is -0.152. The van der Waals surface area contributed by atoms with Crippen LogP contribution in [0.1, 0.15) is 0 Å². The van der Waals surface area contributed by atoms with Crippen molar-refractivity contribution in [1.82, 2.24) is 0 Å². The van der Waals surface area contributed by atoms with Gasteiger partial charge in [0.1, 0.15) is 0 Å². The highest BCUT2D eigenvalue weighted by molar-refractivity contribution is 7.87. The van der Waals surface area contributed by atoms with Gasteiger partial charge in [0.05, 0.1) is 0 Å². The van der Waals surface area contributed by atoms with Crippen molar-refractivity contribution < 1.29 is 37.9 Å². The molecule has 0 rings (SSSR count). The maximum absolute atomic E-state index is 10.3. The van der Waals surface area contributed by atoms with Gasteiger partial charge in [-0.2, -0.15) is 8.42 Å². The molecule has 0 aromatic heterocycles. The highest BCUT2D eigenvalue weighted by Crippen LogP contribution is 2.05. The molecule has 0 fully saturated rings. The summed E-state index contributed by atoms with van der Waals surface area (Å²) in [7, 11) is -5.14. The van der Waals surface area contributed by atoms with E-state index >= 15 is 0 Å². The van der Waals surface area contributed by atoms with Gasteiger partial charge in [0.2, 0.25) is 5.25 Å². The van der Waals surface area contributed by atoms with Gasteiger partial charge >= 0.3 is 11.9 Å². The molecule has 0 aliphatic carbocycles. The van der Waals surface area contributed by atoms with Crippen molar-refractivity contribution in [2.45, 2.75) is 11.4 Å². The molecule has 76 valence electrons. The van der Waals surface area contributed by atoms with Crippen LogP contribution < -0.4 is 0 Å². The zero-order valence-corrected chi connectivity index (χ0v) is 6.80. The lowest BCUT2D eigenvalue weighted by Crippen LogP contribution is -2.44. The van der Waals surface area contributed by atoms with Gasteiger partial charge in [-0.3, -0.25) is 9.35 Å². The Bertz CT molecular complexity index is 315. The van der Waals surface area contributed by atoms with Crippen LogP contribution in [0.25, 0.3) is 0 Å². The summed E-state index contributed by atoms with van der Waals surface area (Å²) < 4.78 is 28.8. The molecule has 0 heterocycles. The standard InChI is InChI=1S/C4H6O8S/c5-1(3(6)7)2(4(8)9)13(10,11)12/h1-2,5H,(H,6,7)(H,8,9)(H,10,11,12). The van der Waals surface area contributed by atoms with Crippen molar-refractivity contribution in [3.05, 3.63) is 0 Å². The van der Waals surface area contributed by atoms with Crippen LogP contribution in [-0.4, -0.2) is 51.6 Å². The maximum atomic E-state index is 10.3. The van der Waals surface area contributed by atoms with Crippen LogP contribution in [0.2, 0.25) is 0 Å². The van der Waals surface area contributed by atoms with Crippen molar-refractivity contribution in [3.8, 4) is 0 Å². The molecule has 2 unspecified atom stereocenters. The smallest absolute Gasteiger partial charge is 0.334 e. The van der Waals surface area contributed by atoms with Gasteiger partial charge in [0.15, 0.2) is 6.10 Å². The first-order valence-electron chi connectivity index (χ1n) is 2.78. The van der Waals surface area contributed by atoms with Gasteiger partial charge in [0, 0.05) is 0 Å².